The first-order valence-electron chi connectivity index (χ1n) is 7.06. The lowest BCUT2D eigenvalue weighted by Gasteiger charge is -2.30. The molecular weight excluding hydrogens is 374 g/mol. The molecule has 0 aromatic carbocycles. The van der Waals surface area contributed by atoms with Gasteiger partial charge in [0.2, 0.25) is 10.0 Å². The molecule has 0 aliphatic rings. The van der Waals surface area contributed by atoms with Gasteiger partial charge in [-0.25, -0.2) is 13.1 Å². The second-order valence-corrected chi connectivity index (χ2v) is 10.4. The molecule has 0 spiro atoms. The summed E-state index contributed by atoms with van der Waals surface area (Å²) in [6, 6.07) is 2.82. The quantitative estimate of drug-likeness (QED) is 0.705. The third-order valence-electron chi connectivity index (χ3n) is 3.43. The number of sulfonamides is 1. The normalized spacial score (nSPS) is 15.6. The molecule has 2 unspecified atom stereocenters. The lowest BCUT2D eigenvalue weighted by atomic mass is 9.82. The fraction of sp³-hybridized carbons (Fsp3) is 0.714. The van der Waals surface area contributed by atoms with Crippen molar-refractivity contribution < 1.29 is 13.5 Å². The molecule has 0 amide bonds. The number of hydrogen-bond donors (Lipinski definition) is 2. The largest absolute Gasteiger partial charge is 0.395 e. The van der Waals surface area contributed by atoms with E-state index in [1.807, 2.05) is 0 Å². The lowest BCUT2D eigenvalue weighted by molar-refractivity contribution is 0.169. The first-order chi connectivity index (χ1) is 9.67. The van der Waals surface area contributed by atoms with Gasteiger partial charge in [0.15, 0.2) is 0 Å². The molecule has 1 heterocycles. The Labute approximate surface area is 140 Å². The Balaban J connectivity index is 2.94. The van der Waals surface area contributed by atoms with Crippen LogP contribution in [0.2, 0.25) is 0 Å². The highest BCUT2D eigenvalue weighted by molar-refractivity contribution is 9.11. The van der Waals surface area contributed by atoms with Gasteiger partial charge in [-0.1, -0.05) is 27.7 Å². The van der Waals surface area contributed by atoms with Gasteiger partial charge in [-0.3, -0.25) is 0 Å². The number of rotatable bonds is 8. The predicted octanol–water partition coefficient (Wildman–Crippen LogP) is 3.47. The molecule has 21 heavy (non-hydrogen) atoms. The van der Waals surface area contributed by atoms with Crippen molar-refractivity contribution in [1.29, 1.82) is 0 Å². The maximum Gasteiger partial charge on any atom is 0.250 e. The molecule has 0 radical (unpaired) electrons. The molecule has 0 aliphatic carbocycles. The average molecular weight is 398 g/mol. The topological polar surface area (TPSA) is 66.4 Å². The number of aliphatic hydroxyl groups excluding tert-OH is 1. The minimum atomic E-state index is -3.59. The van der Waals surface area contributed by atoms with Gasteiger partial charge in [-0.2, -0.15) is 0 Å². The van der Waals surface area contributed by atoms with Gasteiger partial charge in [0.05, 0.1) is 10.4 Å². The highest BCUT2D eigenvalue weighted by Gasteiger charge is 2.29. The van der Waals surface area contributed by atoms with Gasteiger partial charge in [0.25, 0.3) is 0 Å². The van der Waals surface area contributed by atoms with Crippen LogP contribution < -0.4 is 4.72 Å². The Morgan fingerprint density at radius 2 is 1.90 bits per heavy atom. The average Bonchev–Trinajstić information content (AvgIpc) is 2.80. The summed E-state index contributed by atoms with van der Waals surface area (Å²) in [5, 5.41) is 9.64. The fourth-order valence-corrected chi connectivity index (χ4v) is 5.71. The van der Waals surface area contributed by atoms with Crippen LogP contribution in [-0.4, -0.2) is 26.2 Å². The van der Waals surface area contributed by atoms with Crippen LogP contribution in [0.15, 0.2) is 20.1 Å². The van der Waals surface area contributed by atoms with Crippen LogP contribution >= 0.6 is 27.3 Å². The summed E-state index contributed by atoms with van der Waals surface area (Å²) >= 11 is 4.44. The zero-order valence-electron chi connectivity index (χ0n) is 12.8. The third kappa shape index (κ3) is 5.63. The van der Waals surface area contributed by atoms with Crippen LogP contribution in [0, 0.1) is 17.8 Å². The molecule has 2 atom stereocenters. The Kier molecular flexibility index (Phi) is 7.33. The van der Waals surface area contributed by atoms with Gasteiger partial charge < -0.3 is 5.11 Å². The van der Waals surface area contributed by atoms with Crippen molar-refractivity contribution >= 4 is 37.3 Å². The zero-order chi connectivity index (χ0) is 16.2. The molecule has 1 aromatic heterocycles. The molecule has 0 saturated heterocycles. The fourth-order valence-electron chi connectivity index (χ4n) is 2.40. The molecule has 1 rings (SSSR count). The summed E-state index contributed by atoms with van der Waals surface area (Å²) in [6.45, 7) is 8.14. The van der Waals surface area contributed by atoms with E-state index in [-0.39, 0.29) is 16.7 Å². The van der Waals surface area contributed by atoms with Crippen molar-refractivity contribution in [1.82, 2.24) is 4.72 Å². The molecule has 0 bridgehead atoms. The number of aliphatic hydroxyl groups is 1. The number of thiophene rings is 1. The van der Waals surface area contributed by atoms with Crippen LogP contribution in [0.1, 0.15) is 34.1 Å². The van der Waals surface area contributed by atoms with Crippen molar-refractivity contribution in [2.75, 3.05) is 6.61 Å². The van der Waals surface area contributed by atoms with E-state index in [9.17, 15) is 13.5 Å². The minimum Gasteiger partial charge on any atom is -0.395 e. The molecule has 0 aliphatic heterocycles. The molecule has 0 saturated carbocycles. The Morgan fingerprint density at radius 3 is 2.29 bits per heavy atom. The smallest absolute Gasteiger partial charge is 0.250 e. The SMILES string of the molecule is CC(C)CC(C(C)C)C(CO)NS(=O)(=O)c1ccc(Br)s1. The monoisotopic (exact) mass is 397 g/mol. The highest BCUT2D eigenvalue weighted by Crippen LogP contribution is 2.28. The first kappa shape index (κ1) is 19.1. The summed E-state index contributed by atoms with van der Waals surface area (Å²) < 4.78 is 28.5. The number of hydrogen-bond acceptors (Lipinski definition) is 4. The molecule has 4 nitrogen and oxygen atoms in total. The minimum absolute atomic E-state index is 0.105. The van der Waals surface area contributed by atoms with Gasteiger partial charge in [0.1, 0.15) is 4.21 Å². The second-order valence-electron chi connectivity index (χ2n) is 6.01. The van der Waals surface area contributed by atoms with Crippen LogP contribution in [0.3, 0.4) is 0 Å². The van der Waals surface area contributed by atoms with Gasteiger partial charge in [0, 0.05) is 6.04 Å². The van der Waals surface area contributed by atoms with Crippen molar-refractivity contribution in [3.05, 3.63) is 15.9 Å². The van der Waals surface area contributed by atoms with Gasteiger partial charge >= 0.3 is 0 Å². The number of halogens is 1. The molecular formula is C14H24BrNO3S2. The maximum atomic E-state index is 12.4. The highest BCUT2D eigenvalue weighted by atomic mass is 79.9. The molecule has 2 N–H and O–H groups in total. The summed E-state index contributed by atoms with van der Waals surface area (Å²) in [5.41, 5.74) is 0. The van der Waals surface area contributed by atoms with Crippen molar-refractivity contribution in [2.45, 2.75) is 44.4 Å². The van der Waals surface area contributed by atoms with Crippen molar-refractivity contribution in [3.63, 3.8) is 0 Å². The Bertz CT molecular complexity index is 540. The van der Waals surface area contributed by atoms with Crippen LogP contribution in [0.25, 0.3) is 0 Å². The van der Waals surface area contributed by atoms with E-state index in [0.29, 0.717) is 11.8 Å². The molecule has 0 fully saturated rings. The Hall–Kier alpha value is 0.0500. The van der Waals surface area contributed by atoms with E-state index in [0.717, 1.165) is 10.2 Å². The predicted molar refractivity (Wildman–Crippen MR) is 91.0 cm³/mol. The summed E-state index contributed by atoms with van der Waals surface area (Å²) in [7, 11) is -3.59. The van der Waals surface area contributed by atoms with Crippen LogP contribution in [0.5, 0.6) is 0 Å². The Morgan fingerprint density at radius 1 is 1.29 bits per heavy atom. The van der Waals surface area contributed by atoms with Gasteiger partial charge in [-0.15, -0.1) is 11.3 Å². The molecule has 1 aromatic rings. The lowest BCUT2D eigenvalue weighted by Crippen LogP contribution is -2.44. The summed E-state index contributed by atoms with van der Waals surface area (Å²) in [5.74, 6) is 0.849. The second kappa shape index (κ2) is 8.06. The maximum absolute atomic E-state index is 12.4. The van der Waals surface area contributed by atoms with Crippen molar-refractivity contribution in [2.24, 2.45) is 17.8 Å². The zero-order valence-corrected chi connectivity index (χ0v) is 16.1. The first-order valence-corrected chi connectivity index (χ1v) is 10.1. The van der Waals surface area contributed by atoms with E-state index in [2.05, 4.69) is 48.3 Å². The molecule has 7 heteroatoms. The van der Waals surface area contributed by atoms with Crippen LogP contribution in [0.4, 0.5) is 0 Å². The van der Waals surface area contributed by atoms with E-state index in [1.165, 1.54) is 11.3 Å². The van der Waals surface area contributed by atoms with Crippen LogP contribution in [-0.2, 0) is 10.0 Å². The third-order valence-corrected chi connectivity index (χ3v) is 7.04. The van der Waals surface area contributed by atoms with E-state index >= 15 is 0 Å². The molecule has 122 valence electrons. The van der Waals surface area contributed by atoms with E-state index in [4.69, 9.17) is 0 Å². The van der Waals surface area contributed by atoms with E-state index < -0.39 is 16.1 Å². The number of nitrogens with one attached hydrogen (secondary N) is 1. The summed E-state index contributed by atoms with van der Waals surface area (Å²) in [6.07, 6.45) is 0.875. The van der Waals surface area contributed by atoms with Gasteiger partial charge in [-0.05, 0) is 52.2 Å². The van der Waals surface area contributed by atoms with E-state index in [1.54, 1.807) is 12.1 Å². The standard InChI is InChI=1S/C14H24BrNO3S2/c1-9(2)7-11(10(3)4)12(8-17)16-21(18,19)14-6-5-13(15)20-14/h5-6,9-12,16-17H,7-8H2,1-4H3. The van der Waals surface area contributed by atoms with Crippen molar-refractivity contribution in [3.8, 4) is 0 Å². The summed E-state index contributed by atoms with van der Waals surface area (Å²) in [4.78, 5) is 0.